The van der Waals surface area contributed by atoms with Gasteiger partial charge in [0.15, 0.2) is 0 Å². The predicted molar refractivity (Wildman–Crippen MR) is 158 cm³/mol. The van der Waals surface area contributed by atoms with Gasteiger partial charge < -0.3 is 10.2 Å². The fourth-order valence-corrected chi connectivity index (χ4v) is 6.10. The molecule has 2 amide bonds. The molecule has 3 aromatic rings. The summed E-state index contributed by atoms with van der Waals surface area (Å²) in [6.45, 7) is 0.346. The van der Waals surface area contributed by atoms with Crippen molar-refractivity contribution in [2.24, 2.45) is 0 Å². The highest BCUT2D eigenvalue weighted by molar-refractivity contribution is 7.98. The average Bonchev–Trinajstić information content (AvgIpc) is 2.94. The largest absolute Gasteiger partial charge is 0.352 e. The van der Waals surface area contributed by atoms with Gasteiger partial charge in [-0.2, -0.15) is 11.8 Å². The summed E-state index contributed by atoms with van der Waals surface area (Å²) < 4.78 is 0. The molecular weight excluding hydrogens is 512 g/mol. The third kappa shape index (κ3) is 8.92. The molecule has 38 heavy (non-hydrogen) atoms. The minimum Gasteiger partial charge on any atom is -0.352 e. The minimum atomic E-state index is -0.593. The van der Waals surface area contributed by atoms with Gasteiger partial charge in [-0.15, -0.1) is 0 Å². The summed E-state index contributed by atoms with van der Waals surface area (Å²) in [5.74, 6) is 1.48. The standard InChI is InChI=1S/C32H37ClN2O2S/c33-28-16-10-15-27(21-28)23-35(31(36)19-20-38-24-26-13-6-2-7-14-26)30(22-25-11-4-1-5-12-25)32(37)34-29-17-8-3-9-18-29/h1-2,4-7,10-16,21,29-30H,3,8-9,17-20,22-24H2,(H,34,37)/t30-/m0/s1. The van der Waals surface area contributed by atoms with Gasteiger partial charge in [-0.05, 0) is 41.7 Å². The van der Waals surface area contributed by atoms with Crippen molar-refractivity contribution < 1.29 is 9.59 Å². The Balaban J connectivity index is 1.52. The van der Waals surface area contributed by atoms with Crippen LogP contribution in [-0.2, 0) is 28.3 Å². The molecule has 0 aliphatic heterocycles. The van der Waals surface area contributed by atoms with Crippen molar-refractivity contribution in [1.29, 1.82) is 0 Å². The number of nitrogens with one attached hydrogen (secondary N) is 1. The maximum absolute atomic E-state index is 13.8. The molecule has 1 aliphatic carbocycles. The van der Waals surface area contributed by atoms with E-state index in [4.69, 9.17) is 11.6 Å². The Bertz CT molecular complexity index is 1150. The highest BCUT2D eigenvalue weighted by atomic mass is 35.5. The molecule has 6 heteroatoms. The SMILES string of the molecule is O=C(NC1CCCCC1)[C@H](Cc1ccccc1)N(Cc1cccc(Cl)c1)C(=O)CCSCc1ccccc1. The molecule has 1 fully saturated rings. The van der Waals surface area contributed by atoms with Crippen LogP contribution in [0, 0.1) is 0 Å². The van der Waals surface area contributed by atoms with Gasteiger partial charge in [-0.3, -0.25) is 9.59 Å². The van der Waals surface area contributed by atoms with Crippen molar-refractivity contribution in [3.8, 4) is 0 Å². The number of nitrogens with zero attached hydrogens (tertiary/aromatic N) is 1. The Morgan fingerprint density at radius 1 is 0.868 bits per heavy atom. The average molecular weight is 549 g/mol. The van der Waals surface area contributed by atoms with E-state index in [1.54, 1.807) is 16.7 Å². The molecule has 1 atom stereocenters. The van der Waals surface area contributed by atoms with Gasteiger partial charge in [0, 0.05) is 42.0 Å². The minimum absolute atomic E-state index is 0.00902. The lowest BCUT2D eigenvalue weighted by Crippen LogP contribution is -2.52. The lowest BCUT2D eigenvalue weighted by atomic mass is 9.94. The molecule has 4 rings (SSSR count). The molecule has 0 bridgehead atoms. The van der Waals surface area contributed by atoms with E-state index >= 15 is 0 Å². The number of hydrogen-bond acceptors (Lipinski definition) is 3. The first kappa shape index (κ1) is 28.3. The van der Waals surface area contributed by atoms with E-state index in [1.165, 1.54) is 12.0 Å². The van der Waals surface area contributed by atoms with E-state index in [-0.39, 0.29) is 17.9 Å². The summed E-state index contributed by atoms with van der Waals surface area (Å²) in [6, 6.07) is 27.4. The van der Waals surface area contributed by atoms with E-state index < -0.39 is 6.04 Å². The van der Waals surface area contributed by atoms with Crippen molar-refractivity contribution in [3.63, 3.8) is 0 Å². The Morgan fingerprint density at radius 3 is 2.21 bits per heavy atom. The second kappa shape index (κ2) is 15.0. The highest BCUT2D eigenvalue weighted by Gasteiger charge is 2.31. The van der Waals surface area contributed by atoms with Crippen LogP contribution in [0.4, 0.5) is 0 Å². The molecule has 200 valence electrons. The number of thioether (sulfide) groups is 1. The van der Waals surface area contributed by atoms with Gasteiger partial charge in [0.1, 0.15) is 6.04 Å². The number of rotatable bonds is 12. The van der Waals surface area contributed by atoms with Gasteiger partial charge in [0.25, 0.3) is 0 Å². The molecule has 0 saturated heterocycles. The first-order chi connectivity index (χ1) is 18.6. The molecule has 3 aromatic carbocycles. The van der Waals surface area contributed by atoms with E-state index in [0.717, 1.165) is 42.6 Å². The van der Waals surface area contributed by atoms with E-state index in [1.807, 2.05) is 72.8 Å². The summed E-state index contributed by atoms with van der Waals surface area (Å²) in [7, 11) is 0. The topological polar surface area (TPSA) is 49.4 Å². The van der Waals surface area contributed by atoms with Crippen LogP contribution in [0.2, 0.25) is 5.02 Å². The predicted octanol–water partition coefficient (Wildman–Crippen LogP) is 7.05. The van der Waals surface area contributed by atoms with Crippen LogP contribution in [0.1, 0.15) is 55.2 Å². The molecule has 0 unspecified atom stereocenters. The van der Waals surface area contributed by atoms with Crippen LogP contribution in [0.3, 0.4) is 0 Å². The van der Waals surface area contributed by atoms with Crippen LogP contribution >= 0.6 is 23.4 Å². The Kier molecular flexibility index (Phi) is 11.1. The molecule has 0 spiro atoms. The van der Waals surface area contributed by atoms with E-state index in [0.29, 0.717) is 30.2 Å². The molecule has 1 N–H and O–H groups in total. The zero-order chi connectivity index (χ0) is 26.6. The highest BCUT2D eigenvalue weighted by Crippen LogP contribution is 2.22. The third-order valence-corrected chi connectivity index (χ3v) is 8.30. The van der Waals surface area contributed by atoms with Crippen LogP contribution in [0.25, 0.3) is 0 Å². The second-order valence-electron chi connectivity index (χ2n) is 9.99. The molecule has 0 heterocycles. The summed E-state index contributed by atoms with van der Waals surface area (Å²) in [5.41, 5.74) is 3.21. The van der Waals surface area contributed by atoms with Crippen molar-refractivity contribution >= 4 is 35.2 Å². The smallest absolute Gasteiger partial charge is 0.243 e. The van der Waals surface area contributed by atoms with Crippen molar-refractivity contribution in [3.05, 3.63) is 107 Å². The van der Waals surface area contributed by atoms with Crippen molar-refractivity contribution in [2.45, 2.75) is 69.3 Å². The Hall–Kier alpha value is -2.76. The molecule has 1 aliphatic rings. The maximum Gasteiger partial charge on any atom is 0.243 e. The van der Waals surface area contributed by atoms with E-state index in [9.17, 15) is 9.59 Å². The summed E-state index contributed by atoms with van der Waals surface area (Å²) >= 11 is 8.03. The van der Waals surface area contributed by atoms with Crippen LogP contribution in [-0.4, -0.2) is 34.6 Å². The van der Waals surface area contributed by atoms with Gasteiger partial charge in [-0.25, -0.2) is 0 Å². The fraction of sp³-hybridized carbons (Fsp3) is 0.375. The summed E-state index contributed by atoms with van der Waals surface area (Å²) in [6.07, 6.45) is 6.35. The van der Waals surface area contributed by atoms with Gasteiger partial charge >= 0.3 is 0 Å². The van der Waals surface area contributed by atoms with Gasteiger partial charge in [-0.1, -0.05) is 104 Å². The fourth-order valence-electron chi connectivity index (χ4n) is 5.00. The number of carbonyl (C=O) groups is 2. The zero-order valence-electron chi connectivity index (χ0n) is 21.9. The number of hydrogen-bond donors (Lipinski definition) is 1. The number of carbonyl (C=O) groups excluding carboxylic acids is 2. The van der Waals surface area contributed by atoms with Gasteiger partial charge in [0.05, 0.1) is 0 Å². The van der Waals surface area contributed by atoms with Crippen LogP contribution < -0.4 is 5.32 Å². The Morgan fingerprint density at radius 2 is 1.53 bits per heavy atom. The lowest BCUT2D eigenvalue weighted by Gasteiger charge is -2.33. The number of halogens is 1. The lowest BCUT2D eigenvalue weighted by molar-refractivity contribution is -0.141. The first-order valence-electron chi connectivity index (χ1n) is 13.6. The summed E-state index contributed by atoms with van der Waals surface area (Å²) in [5, 5.41) is 3.92. The normalized spacial score (nSPS) is 14.6. The van der Waals surface area contributed by atoms with E-state index in [2.05, 4.69) is 17.4 Å². The van der Waals surface area contributed by atoms with Crippen LogP contribution in [0.5, 0.6) is 0 Å². The molecule has 4 nitrogen and oxygen atoms in total. The molecular formula is C32H37ClN2O2S. The Labute approximate surface area is 236 Å². The first-order valence-corrected chi connectivity index (χ1v) is 15.1. The molecule has 0 aromatic heterocycles. The quantitative estimate of drug-likeness (QED) is 0.247. The molecule has 1 saturated carbocycles. The van der Waals surface area contributed by atoms with Crippen LogP contribution in [0.15, 0.2) is 84.9 Å². The number of amides is 2. The monoisotopic (exact) mass is 548 g/mol. The second-order valence-corrected chi connectivity index (χ2v) is 11.5. The molecule has 0 radical (unpaired) electrons. The van der Waals surface area contributed by atoms with Crippen molar-refractivity contribution in [1.82, 2.24) is 10.2 Å². The number of benzene rings is 3. The summed E-state index contributed by atoms with van der Waals surface area (Å²) in [4.78, 5) is 29.3. The maximum atomic E-state index is 13.8. The zero-order valence-corrected chi connectivity index (χ0v) is 23.4. The van der Waals surface area contributed by atoms with Gasteiger partial charge in [0.2, 0.25) is 11.8 Å². The third-order valence-electron chi connectivity index (χ3n) is 7.04. The van der Waals surface area contributed by atoms with Crippen molar-refractivity contribution in [2.75, 3.05) is 5.75 Å².